The first kappa shape index (κ1) is 27.6. The second kappa shape index (κ2) is 9.93. The Kier molecular flexibility index (Phi) is 5.37. The summed E-state index contributed by atoms with van der Waals surface area (Å²) < 4.78 is 0. The van der Waals surface area contributed by atoms with Gasteiger partial charge in [0.25, 0.3) is 0 Å². The molecule has 12 rings (SSSR count). The Morgan fingerprint density at radius 3 is 1.53 bits per heavy atom. The molecule has 0 nitrogen and oxygen atoms in total. The van der Waals surface area contributed by atoms with Gasteiger partial charge < -0.3 is 0 Å². The van der Waals surface area contributed by atoms with Gasteiger partial charge in [-0.25, -0.2) is 0 Å². The van der Waals surface area contributed by atoms with Crippen LogP contribution in [0.5, 0.6) is 0 Å². The van der Waals surface area contributed by atoms with E-state index in [2.05, 4.69) is 170 Å². The molecule has 0 heteroatoms. The average molecular weight is 645 g/mol. The predicted molar refractivity (Wildman–Crippen MR) is 216 cm³/mol. The fourth-order valence-electron chi connectivity index (χ4n) is 10.1. The van der Waals surface area contributed by atoms with Gasteiger partial charge >= 0.3 is 0 Å². The van der Waals surface area contributed by atoms with Crippen LogP contribution in [0.1, 0.15) is 22.3 Å². The highest BCUT2D eigenvalue weighted by Crippen LogP contribution is 2.57. The predicted octanol–water partition coefficient (Wildman–Crippen LogP) is 13.3. The molecule has 0 atom stereocenters. The Morgan fingerprint density at radius 1 is 0.333 bits per heavy atom. The third-order valence-corrected chi connectivity index (χ3v) is 12.4. The number of fused-ring (bicyclic) bond motifs is 8. The zero-order valence-corrected chi connectivity index (χ0v) is 28.1. The Bertz CT molecular complexity index is 2990. The van der Waals surface area contributed by atoms with E-state index in [4.69, 9.17) is 0 Å². The topological polar surface area (TPSA) is 0 Å². The van der Waals surface area contributed by atoms with Crippen molar-refractivity contribution in [3.8, 4) is 33.4 Å². The molecule has 10 aromatic rings. The smallest absolute Gasteiger partial charge is 0.0296 e. The van der Waals surface area contributed by atoms with E-state index in [1.165, 1.54) is 109 Å². The lowest BCUT2D eigenvalue weighted by atomic mass is 9.74. The zero-order chi connectivity index (χ0) is 33.3. The quantitative estimate of drug-likeness (QED) is 0.130. The van der Waals surface area contributed by atoms with E-state index in [-0.39, 0.29) is 5.41 Å². The third kappa shape index (κ3) is 3.69. The van der Waals surface area contributed by atoms with E-state index < -0.39 is 0 Å². The average Bonchev–Trinajstić information content (AvgIpc) is 3.70. The van der Waals surface area contributed by atoms with Crippen LogP contribution in [0.15, 0.2) is 170 Å². The van der Waals surface area contributed by atoms with Crippen LogP contribution in [0.2, 0.25) is 0 Å². The fraction of sp³-hybridized carbons (Fsp3) is 0.0588. The molecular weight excluding hydrogens is 613 g/mol. The standard InChI is InChI=1S/C51H32/c1-2-11-39-30-51(29-38(39)10-1)46-27-36(40-22-18-33-17-16-31-12-7-13-32-19-25-45(40)50(33)48(31)32)20-23-43(46)44-24-21-37(28-47(44)51)49-41-14-5-3-8-34(41)26-35-9-4-6-15-42(35)49/h1-28H,29-30H2. The first-order chi connectivity index (χ1) is 25.2. The summed E-state index contributed by atoms with van der Waals surface area (Å²) in [6.45, 7) is 0. The van der Waals surface area contributed by atoms with Crippen LogP contribution in [-0.2, 0) is 18.3 Å². The maximum absolute atomic E-state index is 2.56. The van der Waals surface area contributed by atoms with Gasteiger partial charge in [-0.15, -0.1) is 0 Å². The number of hydrogen-bond acceptors (Lipinski definition) is 0. The van der Waals surface area contributed by atoms with E-state index in [9.17, 15) is 0 Å². The minimum Gasteiger partial charge on any atom is -0.0620 e. The second-order valence-corrected chi connectivity index (χ2v) is 14.9. The first-order valence-electron chi connectivity index (χ1n) is 18.2. The van der Waals surface area contributed by atoms with Crippen LogP contribution in [0.25, 0.3) is 87.2 Å². The van der Waals surface area contributed by atoms with Crippen molar-refractivity contribution < 1.29 is 0 Å². The highest BCUT2D eigenvalue weighted by atomic mass is 14.5. The highest BCUT2D eigenvalue weighted by Gasteiger charge is 2.47. The SMILES string of the molecule is c1ccc2c(c1)CC1(C2)c2cc(-c3c4ccccc4cc4ccccc34)ccc2-c2ccc(-c3ccc4ccc5cccc6ccc3c4c56)cc21. The summed E-state index contributed by atoms with van der Waals surface area (Å²) in [6.07, 6.45) is 2.04. The summed E-state index contributed by atoms with van der Waals surface area (Å²) in [4.78, 5) is 0. The van der Waals surface area contributed by atoms with Crippen molar-refractivity contribution in [3.05, 3.63) is 192 Å². The van der Waals surface area contributed by atoms with E-state index in [1.807, 2.05) is 0 Å². The van der Waals surface area contributed by atoms with Crippen molar-refractivity contribution >= 4 is 53.9 Å². The maximum Gasteiger partial charge on any atom is 0.0296 e. The number of benzene rings is 10. The van der Waals surface area contributed by atoms with Gasteiger partial charge in [0, 0.05) is 5.41 Å². The van der Waals surface area contributed by atoms with Gasteiger partial charge in [-0.3, -0.25) is 0 Å². The minimum absolute atomic E-state index is 0.120. The van der Waals surface area contributed by atoms with Crippen LogP contribution in [0.4, 0.5) is 0 Å². The van der Waals surface area contributed by atoms with E-state index in [0.29, 0.717) is 0 Å². The summed E-state index contributed by atoms with van der Waals surface area (Å²) >= 11 is 0. The molecule has 0 saturated carbocycles. The number of hydrogen-bond donors (Lipinski definition) is 0. The molecule has 0 saturated heterocycles. The molecule has 0 bridgehead atoms. The molecule has 0 unspecified atom stereocenters. The highest BCUT2D eigenvalue weighted by molar-refractivity contribution is 6.25. The molecule has 0 N–H and O–H groups in total. The first-order valence-corrected chi connectivity index (χ1v) is 18.2. The van der Waals surface area contributed by atoms with Gasteiger partial charge in [0.05, 0.1) is 0 Å². The zero-order valence-electron chi connectivity index (χ0n) is 28.1. The fourth-order valence-corrected chi connectivity index (χ4v) is 10.1. The molecule has 0 aromatic heterocycles. The molecule has 10 aromatic carbocycles. The molecular formula is C51H32. The second-order valence-electron chi connectivity index (χ2n) is 14.9. The van der Waals surface area contributed by atoms with Crippen molar-refractivity contribution in [3.63, 3.8) is 0 Å². The van der Waals surface area contributed by atoms with Crippen molar-refractivity contribution in [2.75, 3.05) is 0 Å². The largest absolute Gasteiger partial charge is 0.0620 e. The maximum atomic E-state index is 2.56. The van der Waals surface area contributed by atoms with Gasteiger partial charge in [0.15, 0.2) is 0 Å². The number of rotatable bonds is 2. The summed E-state index contributed by atoms with van der Waals surface area (Å²) in [5.41, 5.74) is 13.8. The molecule has 2 aliphatic carbocycles. The van der Waals surface area contributed by atoms with E-state index in [1.54, 1.807) is 0 Å². The molecule has 0 heterocycles. The normalized spacial score (nSPS) is 14.3. The lowest BCUT2D eigenvalue weighted by molar-refractivity contribution is 0.564. The molecule has 2 aliphatic rings. The van der Waals surface area contributed by atoms with Gasteiger partial charge in [-0.1, -0.05) is 152 Å². The molecule has 0 aliphatic heterocycles. The van der Waals surface area contributed by atoms with Gasteiger partial charge in [-0.2, -0.15) is 0 Å². The Balaban J connectivity index is 1.10. The Hall–Kier alpha value is -6.24. The third-order valence-electron chi connectivity index (χ3n) is 12.4. The summed E-state index contributed by atoms with van der Waals surface area (Å²) in [6, 6.07) is 64.5. The minimum atomic E-state index is -0.120. The Labute approximate surface area is 296 Å². The van der Waals surface area contributed by atoms with Crippen molar-refractivity contribution in [2.45, 2.75) is 18.3 Å². The molecule has 0 radical (unpaired) electrons. The summed E-state index contributed by atoms with van der Waals surface area (Å²) in [5.74, 6) is 0. The van der Waals surface area contributed by atoms with Gasteiger partial charge in [0.2, 0.25) is 0 Å². The van der Waals surface area contributed by atoms with Crippen molar-refractivity contribution in [1.29, 1.82) is 0 Å². The molecule has 236 valence electrons. The monoisotopic (exact) mass is 644 g/mol. The van der Waals surface area contributed by atoms with E-state index >= 15 is 0 Å². The Morgan fingerprint density at radius 2 is 0.843 bits per heavy atom. The van der Waals surface area contributed by atoms with Crippen LogP contribution >= 0.6 is 0 Å². The van der Waals surface area contributed by atoms with E-state index in [0.717, 1.165) is 12.8 Å². The lowest BCUT2D eigenvalue weighted by Crippen LogP contribution is -2.26. The van der Waals surface area contributed by atoms with Crippen LogP contribution in [0, 0.1) is 0 Å². The summed E-state index contributed by atoms with van der Waals surface area (Å²) in [5, 5.41) is 13.2. The molecule has 51 heavy (non-hydrogen) atoms. The molecule has 0 fully saturated rings. The van der Waals surface area contributed by atoms with Crippen molar-refractivity contribution in [2.24, 2.45) is 0 Å². The lowest BCUT2D eigenvalue weighted by Gasteiger charge is -2.28. The van der Waals surface area contributed by atoms with Crippen LogP contribution in [0.3, 0.4) is 0 Å². The van der Waals surface area contributed by atoms with Crippen LogP contribution in [-0.4, -0.2) is 0 Å². The summed E-state index contributed by atoms with van der Waals surface area (Å²) in [7, 11) is 0. The van der Waals surface area contributed by atoms with Gasteiger partial charge in [-0.05, 0) is 141 Å². The van der Waals surface area contributed by atoms with Gasteiger partial charge in [0.1, 0.15) is 0 Å². The van der Waals surface area contributed by atoms with Crippen molar-refractivity contribution in [1.82, 2.24) is 0 Å². The molecule has 0 amide bonds. The van der Waals surface area contributed by atoms with Crippen LogP contribution < -0.4 is 0 Å². The molecule has 1 spiro atoms.